The molecule has 1 aromatic carbocycles. The number of hydrogen-bond donors (Lipinski definition) is 2. The lowest BCUT2D eigenvalue weighted by Gasteiger charge is -2.12. The predicted molar refractivity (Wildman–Crippen MR) is 65.4 cm³/mol. The summed E-state index contributed by atoms with van der Waals surface area (Å²) in [6.07, 6.45) is 1.58. The molecule has 0 radical (unpaired) electrons. The third-order valence-corrected chi connectivity index (χ3v) is 3.66. The van der Waals surface area contributed by atoms with Gasteiger partial charge in [0.1, 0.15) is 5.82 Å². The van der Waals surface area contributed by atoms with Gasteiger partial charge in [-0.3, -0.25) is 4.21 Å². The zero-order valence-corrected chi connectivity index (χ0v) is 10.4. The summed E-state index contributed by atoms with van der Waals surface area (Å²) in [6.45, 7) is 2.15. The maximum atomic E-state index is 13.5. The molecule has 0 fully saturated rings. The average molecular weight is 259 g/mol. The largest absolute Gasteiger partial charge is 0.478 e. The minimum absolute atomic E-state index is 0.0971. The topological polar surface area (TPSA) is 66.4 Å². The number of hydrogen-bond acceptors (Lipinski definition) is 3. The highest BCUT2D eigenvalue weighted by molar-refractivity contribution is 7.84. The van der Waals surface area contributed by atoms with Crippen molar-refractivity contribution in [2.75, 3.05) is 18.1 Å². The highest BCUT2D eigenvalue weighted by Crippen LogP contribution is 2.16. The van der Waals surface area contributed by atoms with Gasteiger partial charge in [-0.05, 0) is 25.1 Å². The van der Waals surface area contributed by atoms with E-state index in [9.17, 15) is 13.4 Å². The Bertz CT molecular complexity index is 450. The Kier molecular flexibility index (Phi) is 4.62. The van der Waals surface area contributed by atoms with Crippen molar-refractivity contribution in [1.82, 2.24) is 0 Å². The van der Waals surface area contributed by atoms with Crippen LogP contribution in [0.1, 0.15) is 17.3 Å². The normalized spacial score (nSPS) is 14.1. The van der Waals surface area contributed by atoms with Crippen LogP contribution in [-0.2, 0) is 10.8 Å². The number of halogens is 1. The molecule has 0 aliphatic carbocycles. The van der Waals surface area contributed by atoms with Gasteiger partial charge < -0.3 is 10.4 Å². The number of benzene rings is 1. The molecule has 0 saturated carbocycles. The van der Waals surface area contributed by atoms with Crippen LogP contribution in [0.5, 0.6) is 0 Å². The van der Waals surface area contributed by atoms with Gasteiger partial charge in [-0.15, -0.1) is 0 Å². The molecule has 0 heterocycles. The van der Waals surface area contributed by atoms with Gasteiger partial charge >= 0.3 is 5.97 Å². The Morgan fingerprint density at radius 1 is 1.59 bits per heavy atom. The minimum atomic E-state index is -1.17. The second-order valence-electron chi connectivity index (χ2n) is 3.69. The lowest BCUT2D eigenvalue weighted by molar-refractivity contribution is 0.0696. The lowest BCUT2D eigenvalue weighted by Crippen LogP contribution is -2.21. The van der Waals surface area contributed by atoms with Crippen LogP contribution in [0.3, 0.4) is 0 Å². The fraction of sp³-hybridized carbons (Fsp3) is 0.364. The molecule has 0 aromatic heterocycles. The molecule has 0 amide bonds. The second kappa shape index (κ2) is 5.77. The average Bonchev–Trinajstić information content (AvgIpc) is 2.26. The van der Waals surface area contributed by atoms with Crippen LogP contribution in [0, 0.1) is 5.82 Å². The van der Waals surface area contributed by atoms with E-state index in [1.54, 1.807) is 13.2 Å². The van der Waals surface area contributed by atoms with Crippen molar-refractivity contribution in [3.05, 3.63) is 29.6 Å². The van der Waals surface area contributed by atoms with Gasteiger partial charge in [0.25, 0.3) is 0 Å². The molecule has 17 heavy (non-hydrogen) atoms. The van der Waals surface area contributed by atoms with E-state index in [2.05, 4.69) is 5.32 Å². The van der Waals surface area contributed by atoms with Crippen molar-refractivity contribution in [2.45, 2.75) is 12.2 Å². The van der Waals surface area contributed by atoms with Crippen LogP contribution in [0.2, 0.25) is 0 Å². The zero-order valence-electron chi connectivity index (χ0n) is 9.57. The summed E-state index contributed by atoms with van der Waals surface area (Å²) >= 11 is 0. The number of carboxylic acids is 1. The smallest absolute Gasteiger partial charge is 0.335 e. The number of aromatic carboxylic acids is 1. The molecule has 2 N–H and O–H groups in total. The van der Waals surface area contributed by atoms with Crippen LogP contribution in [0.4, 0.5) is 10.1 Å². The maximum absolute atomic E-state index is 13.5. The third kappa shape index (κ3) is 3.81. The Hall–Kier alpha value is -1.43. The van der Waals surface area contributed by atoms with Crippen LogP contribution in [-0.4, -0.2) is 33.3 Å². The molecule has 0 bridgehead atoms. The molecule has 0 spiro atoms. The fourth-order valence-electron chi connectivity index (χ4n) is 1.16. The summed E-state index contributed by atoms with van der Waals surface area (Å²) in [5, 5.41) is 11.4. The minimum Gasteiger partial charge on any atom is -0.478 e. The summed E-state index contributed by atoms with van der Waals surface area (Å²) in [5.41, 5.74) is 0.118. The van der Waals surface area contributed by atoms with Crippen LogP contribution in [0.15, 0.2) is 18.2 Å². The van der Waals surface area contributed by atoms with E-state index in [4.69, 9.17) is 5.11 Å². The Labute approximate surface area is 101 Å². The molecular weight excluding hydrogens is 245 g/mol. The van der Waals surface area contributed by atoms with E-state index >= 15 is 0 Å². The van der Waals surface area contributed by atoms with Gasteiger partial charge in [0, 0.05) is 28.9 Å². The predicted octanol–water partition coefficient (Wildman–Crippen LogP) is 1.70. The summed E-state index contributed by atoms with van der Waals surface area (Å²) in [6, 6.07) is 3.64. The highest BCUT2D eigenvalue weighted by atomic mass is 32.2. The maximum Gasteiger partial charge on any atom is 0.335 e. The standard InChI is InChI=1S/C11H14FNO3S/c1-7(17(2)16)6-13-10-4-3-8(11(14)15)5-9(10)12/h3-5,7,13H,6H2,1-2H3,(H,14,15). The van der Waals surface area contributed by atoms with Gasteiger partial charge in [0.2, 0.25) is 0 Å². The fourth-order valence-corrected chi connectivity index (χ4v) is 1.48. The molecule has 0 aliphatic rings. The molecule has 6 heteroatoms. The second-order valence-corrected chi connectivity index (χ2v) is 5.49. The van der Waals surface area contributed by atoms with Gasteiger partial charge in [-0.25, -0.2) is 9.18 Å². The van der Waals surface area contributed by atoms with E-state index in [1.165, 1.54) is 12.1 Å². The lowest BCUT2D eigenvalue weighted by atomic mass is 10.2. The molecule has 1 aromatic rings. The van der Waals surface area contributed by atoms with Crippen molar-refractivity contribution in [3.63, 3.8) is 0 Å². The van der Waals surface area contributed by atoms with Gasteiger partial charge in [0.05, 0.1) is 11.3 Å². The molecule has 94 valence electrons. The summed E-state index contributed by atoms with van der Waals surface area (Å²) in [4.78, 5) is 10.6. The first-order valence-corrected chi connectivity index (χ1v) is 6.63. The van der Waals surface area contributed by atoms with Gasteiger partial charge in [-0.1, -0.05) is 0 Å². The highest BCUT2D eigenvalue weighted by Gasteiger charge is 2.10. The summed E-state index contributed by atoms with van der Waals surface area (Å²) < 4.78 is 24.6. The third-order valence-electron chi connectivity index (χ3n) is 2.36. The summed E-state index contributed by atoms with van der Waals surface area (Å²) in [7, 11) is -0.981. The van der Waals surface area contributed by atoms with Crippen LogP contribution < -0.4 is 5.32 Å². The first-order chi connectivity index (χ1) is 7.91. The molecule has 0 aliphatic heterocycles. The Morgan fingerprint density at radius 2 is 2.24 bits per heavy atom. The first-order valence-electron chi connectivity index (χ1n) is 5.00. The quantitative estimate of drug-likeness (QED) is 0.844. The van der Waals surface area contributed by atoms with Crippen molar-refractivity contribution in [1.29, 1.82) is 0 Å². The number of nitrogens with one attached hydrogen (secondary N) is 1. The van der Waals surface area contributed by atoms with E-state index in [1.807, 2.05) is 0 Å². The van der Waals surface area contributed by atoms with E-state index in [-0.39, 0.29) is 16.5 Å². The SMILES string of the molecule is CC(CNc1ccc(C(=O)O)cc1F)S(C)=O. The number of anilines is 1. The van der Waals surface area contributed by atoms with Gasteiger partial charge in [0.15, 0.2) is 0 Å². The molecule has 0 saturated heterocycles. The van der Waals surface area contributed by atoms with Crippen LogP contribution >= 0.6 is 0 Å². The first kappa shape index (κ1) is 13.6. The molecule has 1 rings (SSSR count). The van der Waals surface area contributed by atoms with E-state index < -0.39 is 22.6 Å². The number of rotatable bonds is 5. The molecule has 2 unspecified atom stereocenters. The Balaban J connectivity index is 2.73. The van der Waals surface area contributed by atoms with Gasteiger partial charge in [-0.2, -0.15) is 0 Å². The van der Waals surface area contributed by atoms with Crippen molar-refractivity contribution in [3.8, 4) is 0 Å². The zero-order chi connectivity index (χ0) is 13.0. The number of carboxylic acid groups (broad SMARTS) is 1. The van der Waals surface area contributed by atoms with Crippen LogP contribution in [0.25, 0.3) is 0 Å². The van der Waals surface area contributed by atoms with Crippen molar-refractivity contribution in [2.24, 2.45) is 0 Å². The van der Waals surface area contributed by atoms with E-state index in [0.717, 1.165) is 6.07 Å². The summed E-state index contributed by atoms with van der Waals surface area (Å²) in [5.74, 6) is -1.79. The molecular formula is C11H14FNO3S. The van der Waals surface area contributed by atoms with E-state index in [0.29, 0.717) is 6.54 Å². The monoisotopic (exact) mass is 259 g/mol. The Morgan fingerprint density at radius 3 is 2.71 bits per heavy atom. The van der Waals surface area contributed by atoms with Crippen molar-refractivity contribution >= 4 is 22.5 Å². The molecule has 2 atom stereocenters. The molecule has 4 nitrogen and oxygen atoms in total. The van der Waals surface area contributed by atoms with Crippen molar-refractivity contribution < 1.29 is 18.5 Å². The number of carbonyl (C=O) groups is 1.